The predicted molar refractivity (Wildman–Crippen MR) is 140 cm³/mol. The van der Waals surface area contributed by atoms with Gasteiger partial charge in [-0.05, 0) is 61.9 Å². The summed E-state index contributed by atoms with van der Waals surface area (Å²) in [6.07, 6.45) is -8.49. The minimum Gasteiger partial charge on any atom is -0.373 e. The van der Waals surface area contributed by atoms with E-state index in [1.807, 2.05) is 30.3 Å². The zero-order chi connectivity index (χ0) is 30.9. The van der Waals surface area contributed by atoms with E-state index in [0.717, 1.165) is 5.56 Å². The molecule has 228 valence electrons. The average Bonchev–Trinajstić information content (AvgIpc) is 3.38. The Morgan fingerprint density at radius 3 is 2.07 bits per heavy atom. The molecule has 0 bridgehead atoms. The van der Waals surface area contributed by atoms with Crippen LogP contribution >= 0.6 is 0 Å². The molecule has 1 aliphatic heterocycles. The monoisotopic (exact) mass is 599 g/mol. The van der Waals surface area contributed by atoms with Gasteiger partial charge in [-0.2, -0.15) is 26.3 Å². The van der Waals surface area contributed by atoms with Crippen LogP contribution < -0.4 is 0 Å². The van der Waals surface area contributed by atoms with Crippen LogP contribution in [0, 0.1) is 0 Å². The summed E-state index contributed by atoms with van der Waals surface area (Å²) in [5.41, 5.74) is -3.95. The number of carbonyl (C=O) groups excluding carboxylic acids is 2. The first-order valence-corrected chi connectivity index (χ1v) is 13.3. The van der Waals surface area contributed by atoms with Gasteiger partial charge in [-0.25, -0.2) is 5.06 Å². The highest BCUT2D eigenvalue weighted by Gasteiger charge is 2.50. The summed E-state index contributed by atoms with van der Waals surface area (Å²) in [4.78, 5) is 30.7. The van der Waals surface area contributed by atoms with E-state index in [-0.39, 0.29) is 37.1 Å². The Hall–Kier alpha value is -3.45. The van der Waals surface area contributed by atoms with Gasteiger partial charge in [0.2, 0.25) is 11.8 Å². The van der Waals surface area contributed by atoms with Crippen LogP contribution in [0.4, 0.5) is 26.3 Å². The molecule has 42 heavy (non-hydrogen) atoms. The summed E-state index contributed by atoms with van der Waals surface area (Å²) in [5, 5.41) is 10.2. The van der Waals surface area contributed by atoms with E-state index >= 15 is 0 Å². The molecule has 1 atom stereocenters. The third-order valence-electron chi connectivity index (χ3n) is 8.26. The molecular formula is C29H31F6N3O4. The molecule has 1 N–H and O–H groups in total. The number of hydrogen-bond acceptors (Lipinski definition) is 5. The maximum absolute atomic E-state index is 13.4. The Morgan fingerprint density at radius 1 is 1.02 bits per heavy atom. The van der Waals surface area contributed by atoms with E-state index in [1.54, 1.807) is 0 Å². The Labute approximate surface area is 238 Å². The lowest BCUT2D eigenvalue weighted by Crippen LogP contribution is -2.56. The molecule has 2 amide bonds. The normalized spacial score (nSPS) is 23.7. The number of alkyl halides is 6. The van der Waals surface area contributed by atoms with Crippen LogP contribution in [-0.2, 0) is 32.1 Å². The molecule has 2 aromatic carbocycles. The minimum atomic E-state index is -4.98. The Balaban J connectivity index is 1.63. The maximum atomic E-state index is 13.4. The van der Waals surface area contributed by atoms with Crippen molar-refractivity contribution in [3.63, 3.8) is 0 Å². The van der Waals surface area contributed by atoms with Crippen LogP contribution in [0.25, 0.3) is 0 Å². The second kappa shape index (κ2) is 11.7. The quantitative estimate of drug-likeness (QED) is 0.224. The van der Waals surface area contributed by atoms with Gasteiger partial charge < -0.3 is 4.74 Å². The summed E-state index contributed by atoms with van der Waals surface area (Å²) in [6.45, 7) is 1.30. The topological polar surface area (TPSA) is 82.4 Å². The molecule has 7 nitrogen and oxygen atoms in total. The van der Waals surface area contributed by atoms with Crippen LogP contribution in [0.2, 0.25) is 0 Å². The fourth-order valence-corrected chi connectivity index (χ4v) is 5.72. The average molecular weight is 600 g/mol. The largest absolute Gasteiger partial charge is 0.416 e. The first kappa shape index (κ1) is 31.5. The molecule has 2 aliphatic rings. The van der Waals surface area contributed by atoms with Gasteiger partial charge in [0.25, 0.3) is 0 Å². The van der Waals surface area contributed by atoms with Crippen molar-refractivity contribution in [1.29, 1.82) is 0 Å². The standard InChI is InChI=1S/C29H31F6N3O4/c1-19(20-12-22(28(30,31)32)14-23(13-20)29(33,34)35)42-17-26(21-6-4-3-5-7-21)8-10-27(11-9-26,15-24(39)37(2)41)38-18-36-16-25(38)40/h3-7,12-14,18-19,41H,8-11,15-17H2,1-2H3/t19-,26?,27?/m1/s1. The van der Waals surface area contributed by atoms with Crippen molar-refractivity contribution in [2.45, 2.75) is 68.4 Å². The number of amides is 2. The molecule has 0 spiro atoms. The predicted octanol–water partition coefficient (Wildman–Crippen LogP) is 6.16. The fraction of sp³-hybridized carbons (Fsp3) is 0.483. The van der Waals surface area contributed by atoms with Crippen LogP contribution in [0.1, 0.15) is 67.4 Å². The number of ether oxygens (including phenoxy) is 1. The van der Waals surface area contributed by atoms with E-state index in [4.69, 9.17) is 4.74 Å². The molecule has 4 rings (SSSR count). The smallest absolute Gasteiger partial charge is 0.373 e. The van der Waals surface area contributed by atoms with Gasteiger partial charge in [0.1, 0.15) is 6.54 Å². The van der Waals surface area contributed by atoms with Gasteiger partial charge in [0.15, 0.2) is 0 Å². The SMILES string of the molecule is C[C@@H](OCC1(c2ccccc2)CCC(CC(=O)N(C)O)(N2C=NCC2=O)CC1)c1cc(C(F)(F)F)cc(C(F)(F)F)c1. The number of aliphatic imine (C=N–C) groups is 1. The van der Waals surface area contributed by atoms with Gasteiger partial charge in [-0.15, -0.1) is 0 Å². The van der Waals surface area contributed by atoms with Crippen LogP contribution in [-0.4, -0.2) is 59.1 Å². The number of halogens is 6. The lowest BCUT2D eigenvalue weighted by atomic mass is 9.63. The lowest BCUT2D eigenvalue weighted by molar-refractivity contribution is -0.163. The highest BCUT2D eigenvalue weighted by molar-refractivity contribution is 5.95. The van der Waals surface area contributed by atoms with Crippen molar-refractivity contribution in [1.82, 2.24) is 9.96 Å². The van der Waals surface area contributed by atoms with Crippen LogP contribution in [0.5, 0.6) is 0 Å². The lowest BCUT2D eigenvalue weighted by Gasteiger charge is -2.49. The molecule has 0 aromatic heterocycles. The van der Waals surface area contributed by atoms with E-state index in [2.05, 4.69) is 4.99 Å². The summed E-state index contributed by atoms with van der Waals surface area (Å²) in [5.74, 6) is -0.879. The zero-order valence-corrected chi connectivity index (χ0v) is 23.0. The number of rotatable bonds is 8. The molecule has 13 heteroatoms. The Kier molecular flexibility index (Phi) is 8.75. The fourth-order valence-electron chi connectivity index (χ4n) is 5.72. The first-order chi connectivity index (χ1) is 19.6. The molecule has 1 heterocycles. The molecule has 2 aromatic rings. The van der Waals surface area contributed by atoms with Crippen molar-refractivity contribution >= 4 is 18.2 Å². The zero-order valence-electron chi connectivity index (χ0n) is 23.0. The maximum Gasteiger partial charge on any atom is 0.416 e. The molecule has 0 saturated heterocycles. The highest BCUT2D eigenvalue weighted by Crippen LogP contribution is 2.48. The molecule has 0 radical (unpaired) electrons. The van der Waals surface area contributed by atoms with Crippen LogP contribution in [0.3, 0.4) is 0 Å². The van der Waals surface area contributed by atoms with E-state index in [9.17, 15) is 41.1 Å². The van der Waals surface area contributed by atoms with Crippen molar-refractivity contribution in [2.75, 3.05) is 20.2 Å². The van der Waals surface area contributed by atoms with Crippen molar-refractivity contribution in [3.05, 3.63) is 70.8 Å². The third kappa shape index (κ3) is 6.62. The van der Waals surface area contributed by atoms with Gasteiger partial charge in [0, 0.05) is 12.5 Å². The van der Waals surface area contributed by atoms with E-state index in [0.29, 0.717) is 42.9 Å². The molecule has 1 fully saturated rings. The summed E-state index contributed by atoms with van der Waals surface area (Å²) in [7, 11) is 1.19. The third-order valence-corrected chi connectivity index (χ3v) is 8.26. The van der Waals surface area contributed by atoms with Crippen molar-refractivity contribution in [2.24, 2.45) is 4.99 Å². The van der Waals surface area contributed by atoms with Gasteiger partial charge in [0.05, 0.1) is 42.1 Å². The second-order valence-corrected chi connectivity index (χ2v) is 11.0. The van der Waals surface area contributed by atoms with Gasteiger partial charge in [-0.3, -0.25) is 24.7 Å². The van der Waals surface area contributed by atoms with Crippen LogP contribution in [0.15, 0.2) is 53.5 Å². The van der Waals surface area contributed by atoms with Crippen molar-refractivity contribution < 1.29 is 45.9 Å². The summed E-state index contributed by atoms with van der Waals surface area (Å²) in [6, 6.07) is 10.6. The molecular weight excluding hydrogens is 568 g/mol. The summed E-state index contributed by atoms with van der Waals surface area (Å²) < 4.78 is 86.7. The molecule has 1 aliphatic carbocycles. The van der Waals surface area contributed by atoms with Crippen molar-refractivity contribution in [3.8, 4) is 0 Å². The number of carbonyl (C=O) groups is 2. The number of benzene rings is 2. The van der Waals surface area contributed by atoms with Gasteiger partial charge >= 0.3 is 12.4 Å². The first-order valence-electron chi connectivity index (χ1n) is 13.3. The molecule has 0 unspecified atom stereocenters. The van der Waals surface area contributed by atoms with E-state index < -0.39 is 46.4 Å². The number of hydrogen-bond donors (Lipinski definition) is 1. The number of nitrogens with zero attached hydrogens (tertiary/aromatic N) is 3. The Bertz CT molecular complexity index is 1290. The highest BCUT2D eigenvalue weighted by atomic mass is 19.4. The number of hydroxylamine groups is 2. The second-order valence-electron chi connectivity index (χ2n) is 11.0. The minimum absolute atomic E-state index is 0.0399. The van der Waals surface area contributed by atoms with E-state index in [1.165, 1.54) is 25.2 Å². The van der Waals surface area contributed by atoms with Gasteiger partial charge in [-0.1, -0.05) is 30.3 Å². The molecule has 1 saturated carbocycles. The Morgan fingerprint density at radius 2 is 1.60 bits per heavy atom. The summed E-state index contributed by atoms with van der Waals surface area (Å²) >= 11 is 0.